The van der Waals surface area contributed by atoms with Crippen LogP contribution in [0.15, 0.2) is 53.5 Å². The SMILES string of the molecule is NC1=N[C@H](c2cccc(NC(=O)c3ccc(Cl)cc3)c2)CO1. The largest absolute Gasteiger partial charge is 0.463 e. The molecule has 22 heavy (non-hydrogen) atoms. The number of amidine groups is 1. The number of hydrogen-bond donors (Lipinski definition) is 2. The Balaban J connectivity index is 1.75. The molecule has 0 aromatic heterocycles. The van der Waals surface area contributed by atoms with E-state index in [1.807, 2.05) is 24.3 Å². The molecule has 2 aromatic carbocycles. The molecule has 1 atom stereocenters. The molecule has 0 bridgehead atoms. The standard InChI is InChI=1S/C16H14ClN3O2/c17-12-6-4-10(5-7-12)15(21)19-13-3-1-2-11(8-13)14-9-22-16(18)20-14/h1-8,14H,9H2,(H2,18,20)(H,19,21)/t14-/m0/s1. The van der Waals surface area contributed by atoms with Gasteiger partial charge in [0.1, 0.15) is 12.6 Å². The minimum absolute atomic E-state index is 0.132. The van der Waals surface area contributed by atoms with Gasteiger partial charge in [-0.25, -0.2) is 4.99 Å². The van der Waals surface area contributed by atoms with Crippen molar-refractivity contribution in [1.82, 2.24) is 0 Å². The molecule has 3 rings (SSSR count). The molecule has 0 fully saturated rings. The Labute approximate surface area is 132 Å². The van der Waals surface area contributed by atoms with Gasteiger partial charge in [0.25, 0.3) is 11.9 Å². The van der Waals surface area contributed by atoms with E-state index in [1.54, 1.807) is 24.3 Å². The highest BCUT2D eigenvalue weighted by atomic mass is 35.5. The summed E-state index contributed by atoms with van der Waals surface area (Å²) in [5.74, 6) is -0.195. The topological polar surface area (TPSA) is 76.7 Å². The predicted molar refractivity (Wildman–Crippen MR) is 86.2 cm³/mol. The molecule has 0 radical (unpaired) electrons. The van der Waals surface area contributed by atoms with Gasteiger partial charge in [0.15, 0.2) is 0 Å². The summed E-state index contributed by atoms with van der Waals surface area (Å²) in [6.07, 6.45) is 0. The summed E-state index contributed by atoms with van der Waals surface area (Å²) < 4.78 is 5.15. The number of nitrogens with two attached hydrogens (primary N) is 1. The number of aliphatic imine (C=N–C) groups is 1. The first-order valence-electron chi connectivity index (χ1n) is 6.75. The third kappa shape index (κ3) is 3.20. The Bertz CT molecular complexity index is 728. The summed E-state index contributed by atoms with van der Waals surface area (Å²) in [6, 6.07) is 14.2. The Morgan fingerprint density at radius 3 is 2.73 bits per heavy atom. The summed E-state index contributed by atoms with van der Waals surface area (Å²) in [6.45, 7) is 0.417. The molecule has 2 aromatic rings. The fourth-order valence-corrected chi connectivity index (χ4v) is 2.32. The first-order valence-corrected chi connectivity index (χ1v) is 7.12. The Morgan fingerprint density at radius 2 is 2.05 bits per heavy atom. The van der Waals surface area contributed by atoms with Crippen molar-refractivity contribution in [2.45, 2.75) is 6.04 Å². The number of amides is 1. The lowest BCUT2D eigenvalue weighted by Crippen LogP contribution is -2.12. The molecule has 1 amide bonds. The average molecular weight is 316 g/mol. The van der Waals surface area contributed by atoms with Gasteiger partial charge >= 0.3 is 0 Å². The van der Waals surface area contributed by atoms with E-state index in [9.17, 15) is 4.79 Å². The fourth-order valence-electron chi connectivity index (χ4n) is 2.19. The number of anilines is 1. The normalized spacial score (nSPS) is 16.8. The minimum Gasteiger partial charge on any atom is -0.463 e. The maximum Gasteiger partial charge on any atom is 0.282 e. The second kappa shape index (κ2) is 6.07. The van der Waals surface area contributed by atoms with Crippen LogP contribution in [0.3, 0.4) is 0 Å². The van der Waals surface area contributed by atoms with Gasteiger partial charge in [0.05, 0.1) is 0 Å². The van der Waals surface area contributed by atoms with Crippen LogP contribution in [0.4, 0.5) is 5.69 Å². The molecule has 0 spiro atoms. The van der Waals surface area contributed by atoms with Crippen molar-refractivity contribution < 1.29 is 9.53 Å². The number of carbonyl (C=O) groups excluding carboxylic acids is 1. The molecule has 1 heterocycles. The van der Waals surface area contributed by atoms with E-state index in [1.165, 1.54) is 0 Å². The van der Waals surface area contributed by atoms with Crippen molar-refractivity contribution in [1.29, 1.82) is 0 Å². The summed E-state index contributed by atoms with van der Waals surface area (Å²) in [5, 5.41) is 3.44. The van der Waals surface area contributed by atoms with Gasteiger partial charge in [0.2, 0.25) is 0 Å². The van der Waals surface area contributed by atoms with Crippen molar-refractivity contribution >= 4 is 29.2 Å². The number of benzene rings is 2. The van der Waals surface area contributed by atoms with E-state index < -0.39 is 0 Å². The zero-order valence-electron chi connectivity index (χ0n) is 11.6. The molecule has 0 saturated carbocycles. The van der Waals surface area contributed by atoms with Crippen molar-refractivity contribution in [3.63, 3.8) is 0 Å². The molecule has 0 aliphatic carbocycles. The number of rotatable bonds is 3. The summed E-state index contributed by atoms with van der Waals surface area (Å²) >= 11 is 5.82. The van der Waals surface area contributed by atoms with Crippen LogP contribution in [-0.2, 0) is 4.74 Å². The van der Waals surface area contributed by atoms with E-state index in [0.717, 1.165) is 5.56 Å². The van der Waals surface area contributed by atoms with E-state index in [0.29, 0.717) is 22.9 Å². The second-order valence-corrected chi connectivity index (χ2v) is 5.32. The van der Waals surface area contributed by atoms with Crippen LogP contribution in [0.2, 0.25) is 5.02 Å². The highest BCUT2D eigenvalue weighted by molar-refractivity contribution is 6.30. The van der Waals surface area contributed by atoms with Gasteiger partial charge in [-0.3, -0.25) is 4.79 Å². The quantitative estimate of drug-likeness (QED) is 0.914. The third-order valence-electron chi connectivity index (χ3n) is 3.31. The number of nitrogens with one attached hydrogen (secondary N) is 1. The van der Waals surface area contributed by atoms with E-state index >= 15 is 0 Å². The molecule has 1 aliphatic rings. The molecular weight excluding hydrogens is 302 g/mol. The maximum atomic E-state index is 12.2. The molecule has 6 heteroatoms. The molecule has 0 saturated heterocycles. The number of nitrogens with zero attached hydrogens (tertiary/aromatic N) is 1. The average Bonchev–Trinajstić information content (AvgIpc) is 2.95. The van der Waals surface area contributed by atoms with Crippen LogP contribution in [0.1, 0.15) is 22.0 Å². The summed E-state index contributed by atoms with van der Waals surface area (Å²) in [7, 11) is 0. The van der Waals surface area contributed by atoms with Gasteiger partial charge in [-0.2, -0.15) is 0 Å². The maximum absolute atomic E-state index is 12.2. The van der Waals surface area contributed by atoms with Gasteiger partial charge in [-0.05, 0) is 42.0 Å². The molecule has 5 nitrogen and oxygen atoms in total. The number of carbonyl (C=O) groups is 1. The first kappa shape index (κ1) is 14.4. The molecule has 1 aliphatic heterocycles. The third-order valence-corrected chi connectivity index (χ3v) is 3.56. The predicted octanol–water partition coefficient (Wildman–Crippen LogP) is 2.98. The first-order chi connectivity index (χ1) is 10.6. The van der Waals surface area contributed by atoms with E-state index in [2.05, 4.69) is 10.3 Å². The summed E-state index contributed by atoms with van der Waals surface area (Å²) in [5.41, 5.74) is 7.69. The zero-order valence-corrected chi connectivity index (χ0v) is 12.4. The monoisotopic (exact) mass is 315 g/mol. The van der Waals surface area contributed by atoms with Crippen molar-refractivity contribution in [2.75, 3.05) is 11.9 Å². The van der Waals surface area contributed by atoms with Gasteiger partial charge < -0.3 is 15.8 Å². The fraction of sp³-hybridized carbons (Fsp3) is 0.125. The second-order valence-electron chi connectivity index (χ2n) is 4.88. The van der Waals surface area contributed by atoms with Gasteiger partial charge in [-0.15, -0.1) is 0 Å². The van der Waals surface area contributed by atoms with Crippen LogP contribution in [-0.4, -0.2) is 18.5 Å². The lowest BCUT2D eigenvalue weighted by Gasteiger charge is -2.09. The Morgan fingerprint density at radius 1 is 1.27 bits per heavy atom. The van der Waals surface area contributed by atoms with Crippen LogP contribution < -0.4 is 11.1 Å². The summed E-state index contributed by atoms with van der Waals surface area (Å²) in [4.78, 5) is 16.4. The lowest BCUT2D eigenvalue weighted by molar-refractivity contribution is 0.102. The molecule has 0 unspecified atom stereocenters. The number of halogens is 1. The van der Waals surface area contributed by atoms with Gasteiger partial charge in [-0.1, -0.05) is 23.7 Å². The Hall–Kier alpha value is -2.53. The van der Waals surface area contributed by atoms with Crippen LogP contribution in [0.5, 0.6) is 0 Å². The van der Waals surface area contributed by atoms with Crippen molar-refractivity contribution in [2.24, 2.45) is 10.7 Å². The zero-order chi connectivity index (χ0) is 15.5. The van der Waals surface area contributed by atoms with Gasteiger partial charge in [0, 0.05) is 16.3 Å². The number of ether oxygens (including phenoxy) is 1. The number of hydrogen-bond acceptors (Lipinski definition) is 4. The Kier molecular flexibility index (Phi) is 3.98. The van der Waals surface area contributed by atoms with Crippen LogP contribution >= 0.6 is 11.6 Å². The van der Waals surface area contributed by atoms with Crippen LogP contribution in [0.25, 0.3) is 0 Å². The minimum atomic E-state index is -0.195. The van der Waals surface area contributed by atoms with E-state index in [-0.39, 0.29) is 18.0 Å². The van der Waals surface area contributed by atoms with Crippen molar-refractivity contribution in [3.8, 4) is 0 Å². The lowest BCUT2D eigenvalue weighted by atomic mass is 10.1. The smallest absolute Gasteiger partial charge is 0.282 e. The molecule has 3 N–H and O–H groups in total. The van der Waals surface area contributed by atoms with E-state index in [4.69, 9.17) is 22.1 Å². The van der Waals surface area contributed by atoms with Crippen molar-refractivity contribution in [3.05, 3.63) is 64.7 Å². The molecular formula is C16H14ClN3O2. The molecule has 112 valence electrons. The highest BCUT2D eigenvalue weighted by Crippen LogP contribution is 2.24. The van der Waals surface area contributed by atoms with Crippen LogP contribution in [0, 0.1) is 0 Å². The highest BCUT2D eigenvalue weighted by Gasteiger charge is 2.19.